The first kappa shape index (κ1) is 15.8. The Morgan fingerprint density at radius 3 is 2.64 bits per heavy atom. The molecule has 22 heavy (non-hydrogen) atoms. The molecular formula is C16H18N2O4. The van der Waals surface area contributed by atoms with Gasteiger partial charge in [-0.3, -0.25) is 15.4 Å². The first-order valence-electron chi connectivity index (χ1n) is 7.04. The number of ether oxygens (including phenoxy) is 1. The fourth-order valence-corrected chi connectivity index (χ4v) is 1.69. The van der Waals surface area contributed by atoms with Crippen molar-refractivity contribution in [1.82, 2.24) is 0 Å². The molecule has 0 aliphatic heterocycles. The minimum Gasteiger partial charge on any atom is -0.444 e. The molecule has 0 atom stereocenters. The monoisotopic (exact) mass is 302 g/mol. The Balaban J connectivity index is 2.18. The van der Waals surface area contributed by atoms with Gasteiger partial charge in [-0.05, 0) is 45.7 Å². The smallest absolute Gasteiger partial charge is 0.412 e. The van der Waals surface area contributed by atoms with Gasteiger partial charge in [-0.25, -0.2) is 4.79 Å². The SMILES string of the molecule is CC(C)(C)OC(=O)Nc1ccc(C#CC2CC2)cc1[N+](=O)[O-]. The van der Waals surface area contributed by atoms with Crippen LogP contribution in [0.5, 0.6) is 0 Å². The van der Waals surface area contributed by atoms with Gasteiger partial charge in [-0.15, -0.1) is 0 Å². The lowest BCUT2D eigenvalue weighted by molar-refractivity contribution is -0.383. The molecule has 6 nitrogen and oxygen atoms in total. The van der Waals surface area contributed by atoms with Crippen LogP contribution in [0.25, 0.3) is 0 Å². The largest absolute Gasteiger partial charge is 0.444 e. The lowest BCUT2D eigenvalue weighted by Gasteiger charge is -2.19. The van der Waals surface area contributed by atoms with Crippen molar-refractivity contribution in [2.75, 3.05) is 5.32 Å². The zero-order chi connectivity index (χ0) is 16.3. The van der Waals surface area contributed by atoms with Crippen LogP contribution in [-0.2, 0) is 4.74 Å². The number of carbonyl (C=O) groups is 1. The van der Waals surface area contributed by atoms with Gasteiger partial charge >= 0.3 is 6.09 Å². The highest BCUT2D eigenvalue weighted by molar-refractivity contribution is 5.88. The highest BCUT2D eigenvalue weighted by atomic mass is 16.6. The molecule has 1 N–H and O–H groups in total. The summed E-state index contributed by atoms with van der Waals surface area (Å²) < 4.78 is 5.09. The predicted molar refractivity (Wildman–Crippen MR) is 82.6 cm³/mol. The topological polar surface area (TPSA) is 81.5 Å². The number of carbonyl (C=O) groups excluding carboxylic acids is 1. The third kappa shape index (κ3) is 4.77. The van der Waals surface area contributed by atoms with Crippen molar-refractivity contribution >= 4 is 17.5 Å². The van der Waals surface area contributed by atoms with Gasteiger partial charge in [-0.2, -0.15) is 0 Å². The number of hydrogen-bond acceptors (Lipinski definition) is 4. The van der Waals surface area contributed by atoms with E-state index in [1.807, 2.05) is 0 Å². The van der Waals surface area contributed by atoms with Crippen molar-refractivity contribution in [3.8, 4) is 11.8 Å². The minimum atomic E-state index is -0.729. The third-order valence-corrected chi connectivity index (χ3v) is 2.83. The van der Waals surface area contributed by atoms with Crippen LogP contribution in [0, 0.1) is 27.9 Å². The molecule has 6 heteroatoms. The Morgan fingerprint density at radius 2 is 2.09 bits per heavy atom. The van der Waals surface area contributed by atoms with E-state index in [1.54, 1.807) is 26.8 Å². The quantitative estimate of drug-likeness (QED) is 0.513. The molecule has 0 heterocycles. The highest BCUT2D eigenvalue weighted by Gasteiger charge is 2.21. The van der Waals surface area contributed by atoms with E-state index in [0.29, 0.717) is 11.5 Å². The van der Waals surface area contributed by atoms with Gasteiger partial charge < -0.3 is 4.74 Å². The first-order valence-corrected chi connectivity index (χ1v) is 7.04. The van der Waals surface area contributed by atoms with E-state index in [0.717, 1.165) is 12.8 Å². The van der Waals surface area contributed by atoms with E-state index in [4.69, 9.17) is 4.74 Å². The number of rotatable bonds is 2. The molecule has 0 radical (unpaired) electrons. The van der Waals surface area contributed by atoms with E-state index in [1.165, 1.54) is 12.1 Å². The molecule has 1 aliphatic rings. The summed E-state index contributed by atoms with van der Waals surface area (Å²) >= 11 is 0. The molecule has 1 aromatic carbocycles. The summed E-state index contributed by atoms with van der Waals surface area (Å²) in [6.45, 7) is 5.16. The van der Waals surface area contributed by atoms with Gasteiger partial charge in [0.05, 0.1) is 4.92 Å². The number of anilines is 1. The van der Waals surface area contributed by atoms with Crippen LogP contribution in [-0.4, -0.2) is 16.6 Å². The second kappa shape index (κ2) is 6.06. The van der Waals surface area contributed by atoms with Crippen LogP contribution in [0.1, 0.15) is 39.2 Å². The summed E-state index contributed by atoms with van der Waals surface area (Å²) in [6, 6.07) is 4.48. The van der Waals surface area contributed by atoms with E-state index in [-0.39, 0.29) is 11.4 Å². The molecular weight excluding hydrogens is 284 g/mol. The number of nitro benzene ring substituents is 1. The van der Waals surface area contributed by atoms with Crippen molar-refractivity contribution in [3.63, 3.8) is 0 Å². The third-order valence-electron chi connectivity index (χ3n) is 2.83. The van der Waals surface area contributed by atoms with Crippen LogP contribution in [0.4, 0.5) is 16.2 Å². The summed E-state index contributed by atoms with van der Waals surface area (Å²) in [5, 5.41) is 13.6. The molecule has 0 spiro atoms. The first-order chi connectivity index (χ1) is 10.2. The number of nitro groups is 1. The Bertz CT molecular complexity index is 661. The summed E-state index contributed by atoms with van der Waals surface area (Å²) in [4.78, 5) is 22.3. The van der Waals surface area contributed by atoms with E-state index >= 15 is 0 Å². The van der Waals surface area contributed by atoms with Crippen LogP contribution in [0.2, 0.25) is 0 Å². The van der Waals surface area contributed by atoms with Gasteiger partial charge in [0.25, 0.3) is 5.69 Å². The van der Waals surface area contributed by atoms with Gasteiger partial charge in [0.2, 0.25) is 0 Å². The fourth-order valence-electron chi connectivity index (χ4n) is 1.69. The number of hydrogen-bond donors (Lipinski definition) is 1. The molecule has 1 fully saturated rings. The molecule has 0 aromatic heterocycles. The number of nitrogens with one attached hydrogen (secondary N) is 1. The van der Waals surface area contributed by atoms with Gasteiger partial charge in [0, 0.05) is 17.5 Å². The van der Waals surface area contributed by atoms with E-state index in [2.05, 4.69) is 17.2 Å². The Hall–Kier alpha value is -2.55. The van der Waals surface area contributed by atoms with Crippen molar-refractivity contribution in [1.29, 1.82) is 0 Å². The second-order valence-electron chi connectivity index (χ2n) is 6.16. The summed E-state index contributed by atoms with van der Waals surface area (Å²) in [6.07, 6.45) is 1.45. The van der Waals surface area contributed by atoms with E-state index < -0.39 is 16.6 Å². The maximum Gasteiger partial charge on any atom is 0.412 e. The normalized spacial score (nSPS) is 13.8. The predicted octanol–water partition coefficient (Wildman–Crippen LogP) is 3.70. The molecule has 0 saturated heterocycles. The average Bonchev–Trinajstić information content (AvgIpc) is 3.19. The zero-order valence-electron chi connectivity index (χ0n) is 12.8. The Labute approximate surface area is 129 Å². The van der Waals surface area contributed by atoms with E-state index in [9.17, 15) is 14.9 Å². The molecule has 0 bridgehead atoms. The standard InChI is InChI=1S/C16H18N2O4/c1-16(2,3)22-15(19)17-13-9-8-12(7-6-11-4-5-11)10-14(13)18(20)21/h8-11H,4-5H2,1-3H3,(H,17,19). The molecule has 2 rings (SSSR count). The maximum absolute atomic E-state index is 11.7. The molecule has 1 amide bonds. The maximum atomic E-state index is 11.7. The van der Waals surface area contributed by atoms with Crippen LogP contribution < -0.4 is 5.32 Å². The Kier molecular flexibility index (Phi) is 4.36. The summed E-state index contributed by atoms with van der Waals surface area (Å²) in [5.74, 6) is 6.38. The van der Waals surface area contributed by atoms with Gasteiger partial charge in [0.15, 0.2) is 0 Å². The zero-order valence-corrected chi connectivity index (χ0v) is 12.8. The number of amides is 1. The van der Waals surface area contributed by atoms with Crippen molar-refractivity contribution in [3.05, 3.63) is 33.9 Å². The van der Waals surface area contributed by atoms with Crippen molar-refractivity contribution < 1.29 is 14.5 Å². The highest BCUT2D eigenvalue weighted by Crippen LogP contribution is 2.29. The molecule has 1 aromatic rings. The second-order valence-corrected chi connectivity index (χ2v) is 6.16. The average molecular weight is 302 g/mol. The van der Waals surface area contributed by atoms with Crippen LogP contribution >= 0.6 is 0 Å². The number of nitrogens with zero attached hydrogens (tertiary/aromatic N) is 1. The van der Waals surface area contributed by atoms with Crippen molar-refractivity contribution in [2.24, 2.45) is 5.92 Å². The molecule has 0 unspecified atom stereocenters. The molecule has 1 saturated carbocycles. The fraction of sp³-hybridized carbons (Fsp3) is 0.438. The van der Waals surface area contributed by atoms with Gasteiger partial charge in [-0.1, -0.05) is 11.8 Å². The molecule has 1 aliphatic carbocycles. The lowest BCUT2D eigenvalue weighted by Crippen LogP contribution is -2.27. The molecule has 116 valence electrons. The van der Waals surface area contributed by atoms with Crippen LogP contribution in [0.3, 0.4) is 0 Å². The van der Waals surface area contributed by atoms with Gasteiger partial charge in [0.1, 0.15) is 11.3 Å². The van der Waals surface area contributed by atoms with Crippen LogP contribution in [0.15, 0.2) is 18.2 Å². The Morgan fingerprint density at radius 1 is 1.41 bits per heavy atom. The summed E-state index contributed by atoms with van der Waals surface area (Å²) in [7, 11) is 0. The number of benzene rings is 1. The summed E-state index contributed by atoms with van der Waals surface area (Å²) in [5.41, 5.74) is -0.216. The minimum absolute atomic E-state index is 0.0937. The van der Waals surface area contributed by atoms with Crippen molar-refractivity contribution in [2.45, 2.75) is 39.2 Å². The lowest BCUT2D eigenvalue weighted by atomic mass is 10.1.